The van der Waals surface area contributed by atoms with E-state index in [1.165, 1.54) is 24.1 Å². The molecule has 0 bridgehead atoms. The van der Waals surface area contributed by atoms with Crippen molar-refractivity contribution < 1.29 is 18.6 Å². The number of nitrogens with zero attached hydrogens (tertiary/aromatic N) is 8. The molecule has 0 saturated carbocycles. The van der Waals surface area contributed by atoms with Gasteiger partial charge in [0, 0.05) is 52.5 Å². The van der Waals surface area contributed by atoms with Crippen molar-refractivity contribution in [3.8, 4) is 0 Å². The average Bonchev–Trinajstić information content (AvgIpc) is 3.20. The number of fused-ring (bicyclic) bond motifs is 2. The summed E-state index contributed by atoms with van der Waals surface area (Å²) in [7, 11) is 3.15. The van der Waals surface area contributed by atoms with Crippen LogP contribution in [0.25, 0.3) is 0 Å². The largest absolute Gasteiger partial charge is 0.416 e. The van der Waals surface area contributed by atoms with Crippen LogP contribution < -0.4 is 4.90 Å². The van der Waals surface area contributed by atoms with E-state index >= 15 is 0 Å². The van der Waals surface area contributed by atoms with Gasteiger partial charge < -0.3 is 4.90 Å². The van der Waals surface area contributed by atoms with Crippen molar-refractivity contribution in [2.75, 3.05) is 64.8 Å². The van der Waals surface area contributed by atoms with Crippen molar-refractivity contribution in [3.63, 3.8) is 0 Å². The van der Waals surface area contributed by atoms with Crippen LogP contribution in [0.5, 0.6) is 0 Å². The van der Waals surface area contributed by atoms with Crippen LogP contribution in [0.15, 0.2) is 34.4 Å². The SMILES string of the molecule is CC1=NN(CCN2CCN(c3ccc(F)cc3)CC2)C2=[N+](C1)C1C(=O)N(C)C(=O)N(C)C1=N2. The summed E-state index contributed by atoms with van der Waals surface area (Å²) in [4.78, 5) is 37.1. The smallest absolute Gasteiger partial charge is 0.369 e. The summed E-state index contributed by atoms with van der Waals surface area (Å²) in [5.41, 5.74) is 1.93. The molecule has 0 spiro atoms. The summed E-state index contributed by atoms with van der Waals surface area (Å²) in [6, 6.07) is 5.66. The van der Waals surface area contributed by atoms with Crippen molar-refractivity contribution in [2.24, 2.45) is 10.1 Å². The summed E-state index contributed by atoms with van der Waals surface area (Å²) >= 11 is 0. The second-order valence-corrected chi connectivity index (χ2v) is 8.80. The van der Waals surface area contributed by atoms with Gasteiger partial charge in [-0.1, -0.05) is 4.99 Å². The molecule has 11 heteroatoms. The summed E-state index contributed by atoms with van der Waals surface area (Å²) in [6.45, 7) is 7.39. The fraction of sp³-hybridized carbons (Fsp3) is 0.500. The Kier molecular flexibility index (Phi) is 5.35. The van der Waals surface area contributed by atoms with Gasteiger partial charge in [0.25, 0.3) is 5.91 Å². The summed E-state index contributed by atoms with van der Waals surface area (Å²) in [5, 5.41) is 6.54. The quantitative estimate of drug-likeness (QED) is 0.611. The number of amides is 3. The number of hydrogen-bond donors (Lipinski definition) is 0. The van der Waals surface area contributed by atoms with Crippen LogP contribution in [0.3, 0.4) is 0 Å². The molecule has 4 heterocycles. The number of imide groups is 1. The molecule has 0 aromatic heterocycles. The Bertz CT molecular complexity index is 1070. The fourth-order valence-corrected chi connectivity index (χ4v) is 4.75. The number of hydrogen-bond acceptors (Lipinski definition) is 7. The van der Waals surface area contributed by atoms with Gasteiger partial charge in [-0.15, -0.1) is 10.1 Å². The second kappa shape index (κ2) is 8.22. The van der Waals surface area contributed by atoms with E-state index in [1.54, 1.807) is 7.05 Å². The van der Waals surface area contributed by atoms with Gasteiger partial charge in [-0.05, 0) is 31.2 Å². The lowest BCUT2D eigenvalue weighted by atomic mass is 10.1. The van der Waals surface area contributed by atoms with Gasteiger partial charge in [0.1, 0.15) is 18.9 Å². The molecule has 0 radical (unpaired) electrons. The monoisotopic (exact) mass is 455 g/mol. The average molecular weight is 456 g/mol. The highest BCUT2D eigenvalue weighted by molar-refractivity contribution is 6.23. The molecule has 1 aromatic rings. The van der Waals surface area contributed by atoms with E-state index in [0.717, 1.165) is 49.0 Å². The molecule has 0 aliphatic carbocycles. The van der Waals surface area contributed by atoms with Crippen LogP contribution in [0, 0.1) is 5.82 Å². The molecule has 10 nitrogen and oxygen atoms in total. The van der Waals surface area contributed by atoms with E-state index in [0.29, 0.717) is 24.9 Å². The maximum absolute atomic E-state index is 13.2. The Hall–Kier alpha value is -3.34. The van der Waals surface area contributed by atoms with Gasteiger partial charge in [0.05, 0.1) is 5.71 Å². The number of piperazine rings is 1. The van der Waals surface area contributed by atoms with Crippen molar-refractivity contribution in [1.82, 2.24) is 19.7 Å². The lowest BCUT2D eigenvalue weighted by molar-refractivity contribution is -0.527. The van der Waals surface area contributed by atoms with Gasteiger partial charge in [-0.25, -0.2) is 13.8 Å². The topological polar surface area (TPSA) is 78.1 Å². The molecule has 4 aliphatic heterocycles. The molecule has 3 amide bonds. The summed E-state index contributed by atoms with van der Waals surface area (Å²) in [5.74, 6) is 0.591. The van der Waals surface area contributed by atoms with Crippen LogP contribution in [-0.2, 0) is 4.79 Å². The number of likely N-dealkylation sites (N-methyl/N-ethyl adjacent to an activating group) is 2. The number of aliphatic imine (C=N–C) groups is 1. The Balaban J connectivity index is 1.25. The summed E-state index contributed by atoms with van der Waals surface area (Å²) in [6.07, 6.45) is 0. The molecule has 33 heavy (non-hydrogen) atoms. The lowest BCUT2D eigenvalue weighted by Gasteiger charge is -2.36. The van der Waals surface area contributed by atoms with Gasteiger partial charge in [0.2, 0.25) is 11.9 Å². The maximum Gasteiger partial charge on any atom is 0.416 e. The predicted octanol–water partition coefficient (Wildman–Crippen LogP) is 0.312. The molecule has 5 rings (SSSR count). The number of halogens is 1. The zero-order valence-corrected chi connectivity index (χ0v) is 19.1. The molecule has 2 fully saturated rings. The minimum atomic E-state index is -0.597. The highest BCUT2D eigenvalue weighted by Gasteiger charge is 2.53. The number of carbonyl (C=O) groups is 2. The van der Waals surface area contributed by atoms with Gasteiger partial charge >= 0.3 is 12.0 Å². The third-order valence-electron chi connectivity index (χ3n) is 6.62. The van der Waals surface area contributed by atoms with E-state index < -0.39 is 6.04 Å². The minimum absolute atomic E-state index is 0.222. The zero-order valence-electron chi connectivity index (χ0n) is 19.1. The van der Waals surface area contributed by atoms with Crippen LogP contribution in [0.1, 0.15) is 6.92 Å². The molecule has 0 N–H and O–H groups in total. The number of hydrazone groups is 1. The highest BCUT2D eigenvalue weighted by Crippen LogP contribution is 2.22. The molecule has 1 atom stereocenters. The Labute approximate surface area is 191 Å². The van der Waals surface area contributed by atoms with Crippen LogP contribution in [-0.4, -0.2) is 120 Å². The highest BCUT2D eigenvalue weighted by atomic mass is 19.1. The second-order valence-electron chi connectivity index (χ2n) is 8.80. The molecule has 2 saturated heterocycles. The third kappa shape index (κ3) is 3.75. The third-order valence-corrected chi connectivity index (χ3v) is 6.62. The minimum Gasteiger partial charge on any atom is -0.369 e. The number of rotatable bonds is 4. The van der Waals surface area contributed by atoms with E-state index in [4.69, 9.17) is 0 Å². The fourth-order valence-electron chi connectivity index (χ4n) is 4.75. The van der Waals surface area contributed by atoms with Crippen molar-refractivity contribution in [2.45, 2.75) is 13.0 Å². The number of guanidine groups is 1. The number of benzene rings is 1. The lowest BCUT2D eigenvalue weighted by Crippen LogP contribution is -2.62. The normalized spacial score (nSPS) is 23.7. The van der Waals surface area contributed by atoms with Crippen molar-refractivity contribution in [3.05, 3.63) is 30.1 Å². The van der Waals surface area contributed by atoms with Crippen LogP contribution >= 0.6 is 0 Å². The van der Waals surface area contributed by atoms with Gasteiger partial charge in [-0.2, -0.15) is 0 Å². The molecule has 4 aliphatic rings. The van der Waals surface area contributed by atoms with Crippen LogP contribution in [0.2, 0.25) is 0 Å². The molecular formula is C22H28FN8O2+. The number of amidine groups is 1. The number of carbonyl (C=O) groups excluding carboxylic acids is 2. The summed E-state index contributed by atoms with van der Waals surface area (Å²) < 4.78 is 15.1. The van der Waals surface area contributed by atoms with E-state index in [1.807, 2.05) is 28.6 Å². The predicted molar refractivity (Wildman–Crippen MR) is 122 cm³/mol. The number of urea groups is 1. The molecular weight excluding hydrogens is 427 g/mol. The molecule has 1 unspecified atom stereocenters. The number of anilines is 1. The maximum atomic E-state index is 13.2. The van der Waals surface area contributed by atoms with E-state index in [9.17, 15) is 14.0 Å². The van der Waals surface area contributed by atoms with Gasteiger partial charge in [0.15, 0.2) is 0 Å². The Morgan fingerprint density at radius 3 is 2.42 bits per heavy atom. The molecule has 1 aromatic carbocycles. The van der Waals surface area contributed by atoms with E-state index in [-0.39, 0.29) is 17.8 Å². The molecule has 174 valence electrons. The van der Waals surface area contributed by atoms with Gasteiger partial charge in [-0.3, -0.25) is 19.5 Å². The van der Waals surface area contributed by atoms with Crippen molar-refractivity contribution >= 4 is 35.1 Å². The first-order valence-corrected chi connectivity index (χ1v) is 11.2. The zero-order chi connectivity index (χ0) is 23.3. The first kappa shape index (κ1) is 21.5. The van der Waals surface area contributed by atoms with Crippen LogP contribution in [0.4, 0.5) is 14.9 Å². The first-order chi connectivity index (χ1) is 15.8. The van der Waals surface area contributed by atoms with E-state index in [2.05, 4.69) is 19.9 Å². The Morgan fingerprint density at radius 2 is 1.73 bits per heavy atom. The Morgan fingerprint density at radius 1 is 1.03 bits per heavy atom. The standard InChI is InChI=1S/C22H28FN8O2/c1-15-14-30-18-19(26(2)22(33)27(3)20(18)32)24-21(30)31(25-15)13-10-28-8-11-29(12-9-28)17-6-4-16(23)5-7-17/h4-7,18H,8-14H2,1-3H3/q+1. The van der Waals surface area contributed by atoms with Crippen molar-refractivity contribution in [1.29, 1.82) is 0 Å². The first-order valence-electron chi connectivity index (χ1n) is 11.2.